The van der Waals surface area contributed by atoms with Crippen LogP contribution in [0.3, 0.4) is 0 Å². The highest BCUT2D eigenvalue weighted by molar-refractivity contribution is 9.10. The Morgan fingerprint density at radius 2 is 2.18 bits per heavy atom. The Bertz CT molecular complexity index is 298. The third kappa shape index (κ3) is 1.03. The molecular weight excluding hydrogens is 212 g/mol. The van der Waals surface area contributed by atoms with Crippen LogP contribution in [0.4, 0.5) is 0 Å². The fraction of sp³-hybridized carbons (Fsp3) is 0.143. The molecule has 1 N–H and O–H groups in total. The molecule has 0 saturated heterocycles. The number of benzene rings is 1. The molecule has 0 atom stereocenters. The van der Waals surface area contributed by atoms with E-state index in [1.807, 2.05) is 0 Å². The summed E-state index contributed by atoms with van der Waals surface area (Å²) in [6.45, 7) is 0.180. The number of phenols is 1. The van der Waals surface area contributed by atoms with E-state index >= 15 is 0 Å². The van der Waals surface area contributed by atoms with Gasteiger partial charge in [0.1, 0.15) is 0 Å². The van der Waals surface area contributed by atoms with E-state index in [9.17, 15) is 5.11 Å². The van der Waals surface area contributed by atoms with Crippen molar-refractivity contribution in [2.75, 3.05) is 6.79 Å². The summed E-state index contributed by atoms with van der Waals surface area (Å²) in [5, 5.41) is 9.28. The number of hydrogen-bond acceptors (Lipinski definition) is 3. The molecule has 0 aromatic heterocycles. The molecule has 0 radical (unpaired) electrons. The molecule has 3 nitrogen and oxygen atoms in total. The van der Waals surface area contributed by atoms with Gasteiger partial charge in [-0.3, -0.25) is 0 Å². The van der Waals surface area contributed by atoms with Gasteiger partial charge in [-0.05, 0) is 12.1 Å². The first kappa shape index (κ1) is 6.79. The van der Waals surface area contributed by atoms with Crippen LogP contribution < -0.4 is 9.47 Å². The van der Waals surface area contributed by atoms with Crippen LogP contribution in [0.2, 0.25) is 0 Å². The Balaban J connectivity index is 2.60. The van der Waals surface area contributed by atoms with Crippen molar-refractivity contribution in [3.63, 3.8) is 0 Å². The first-order valence-electron chi connectivity index (χ1n) is 3.05. The molecule has 0 spiro atoms. The lowest BCUT2D eigenvalue weighted by Crippen LogP contribution is -1.93. The molecule has 58 valence electrons. The summed E-state index contributed by atoms with van der Waals surface area (Å²) in [6.07, 6.45) is 0. The van der Waals surface area contributed by atoms with Gasteiger partial charge in [-0.15, -0.1) is 0 Å². The lowest BCUT2D eigenvalue weighted by atomic mass is 10.3. The molecule has 1 aromatic carbocycles. The Morgan fingerprint density at radius 1 is 1.36 bits per heavy atom. The van der Waals surface area contributed by atoms with Crippen LogP contribution in [0, 0.1) is 0 Å². The maximum atomic E-state index is 9.28. The van der Waals surface area contributed by atoms with Crippen LogP contribution in [0.5, 0.6) is 17.2 Å². The van der Waals surface area contributed by atoms with Gasteiger partial charge in [0.2, 0.25) is 12.5 Å². The van der Waals surface area contributed by atoms with Crippen molar-refractivity contribution in [3.8, 4) is 17.2 Å². The van der Waals surface area contributed by atoms with Gasteiger partial charge in [0.15, 0.2) is 11.5 Å². The molecule has 1 aliphatic heterocycles. The van der Waals surface area contributed by atoms with Gasteiger partial charge in [-0.1, -0.05) is 15.9 Å². The molecule has 0 fully saturated rings. The van der Waals surface area contributed by atoms with Gasteiger partial charge in [-0.2, -0.15) is 0 Å². The molecule has 11 heavy (non-hydrogen) atoms. The highest BCUT2D eigenvalue weighted by Crippen LogP contribution is 2.42. The third-order valence-electron chi connectivity index (χ3n) is 1.42. The standard InChI is InChI=1S/C7H5BrO3/c8-4-1-5(9)7-6(2-4)10-3-11-7/h1-2,9H,3H2. The Kier molecular flexibility index (Phi) is 1.42. The van der Waals surface area contributed by atoms with Gasteiger partial charge in [-0.25, -0.2) is 0 Å². The number of halogens is 1. The van der Waals surface area contributed by atoms with Crippen molar-refractivity contribution in [1.29, 1.82) is 0 Å². The monoisotopic (exact) mass is 216 g/mol. The summed E-state index contributed by atoms with van der Waals surface area (Å²) in [5.74, 6) is 1.11. The first-order valence-corrected chi connectivity index (χ1v) is 3.85. The summed E-state index contributed by atoms with van der Waals surface area (Å²) in [4.78, 5) is 0. The van der Waals surface area contributed by atoms with Crippen molar-refractivity contribution in [1.82, 2.24) is 0 Å². The Labute approximate surface area is 71.7 Å². The van der Waals surface area contributed by atoms with Gasteiger partial charge in [0.25, 0.3) is 0 Å². The minimum atomic E-state index is 0.104. The van der Waals surface area contributed by atoms with Gasteiger partial charge >= 0.3 is 0 Å². The molecule has 0 aliphatic carbocycles. The highest BCUT2D eigenvalue weighted by atomic mass is 79.9. The van der Waals surface area contributed by atoms with E-state index < -0.39 is 0 Å². The Morgan fingerprint density at radius 3 is 3.00 bits per heavy atom. The number of aromatic hydroxyl groups is 1. The predicted molar refractivity (Wildman–Crippen MR) is 41.9 cm³/mol. The van der Waals surface area contributed by atoms with E-state index in [2.05, 4.69) is 15.9 Å². The zero-order valence-corrected chi connectivity index (χ0v) is 7.09. The van der Waals surface area contributed by atoms with Crippen molar-refractivity contribution in [2.45, 2.75) is 0 Å². The van der Waals surface area contributed by atoms with E-state index in [1.54, 1.807) is 12.1 Å². The molecule has 4 heteroatoms. The maximum absolute atomic E-state index is 9.28. The average molecular weight is 217 g/mol. The molecule has 1 heterocycles. The summed E-state index contributed by atoms with van der Waals surface area (Å²) in [7, 11) is 0. The summed E-state index contributed by atoms with van der Waals surface area (Å²) < 4.78 is 10.8. The number of phenolic OH excluding ortho intramolecular Hbond substituents is 1. The van der Waals surface area contributed by atoms with Crippen LogP contribution in [-0.2, 0) is 0 Å². The number of rotatable bonds is 0. The summed E-state index contributed by atoms with van der Waals surface area (Å²) in [6, 6.07) is 3.32. The van der Waals surface area contributed by atoms with Crippen molar-refractivity contribution >= 4 is 15.9 Å². The minimum Gasteiger partial charge on any atom is -0.504 e. The molecule has 0 saturated carbocycles. The fourth-order valence-electron chi connectivity index (χ4n) is 0.959. The van der Waals surface area contributed by atoms with E-state index in [0.717, 1.165) is 4.47 Å². The van der Waals surface area contributed by atoms with Crippen LogP contribution in [0.1, 0.15) is 0 Å². The molecule has 0 unspecified atom stereocenters. The fourth-order valence-corrected chi connectivity index (χ4v) is 1.38. The largest absolute Gasteiger partial charge is 0.504 e. The van der Waals surface area contributed by atoms with Crippen LogP contribution in [-0.4, -0.2) is 11.9 Å². The van der Waals surface area contributed by atoms with Crippen molar-refractivity contribution in [2.24, 2.45) is 0 Å². The van der Waals surface area contributed by atoms with E-state index in [4.69, 9.17) is 9.47 Å². The SMILES string of the molecule is Oc1cc(Br)cc2c1OCO2. The normalized spacial score (nSPS) is 13.5. The Hall–Kier alpha value is -0.900. The van der Waals surface area contributed by atoms with E-state index in [1.165, 1.54) is 0 Å². The molecule has 1 aliphatic rings. The lowest BCUT2D eigenvalue weighted by molar-refractivity contribution is 0.171. The quantitative estimate of drug-likeness (QED) is 0.720. The van der Waals surface area contributed by atoms with Crippen LogP contribution in [0.25, 0.3) is 0 Å². The van der Waals surface area contributed by atoms with Gasteiger partial charge in [0, 0.05) is 4.47 Å². The zero-order chi connectivity index (χ0) is 7.84. The van der Waals surface area contributed by atoms with E-state index in [-0.39, 0.29) is 12.5 Å². The lowest BCUT2D eigenvalue weighted by Gasteiger charge is -1.98. The molecule has 1 aromatic rings. The molecule has 0 bridgehead atoms. The second-order valence-electron chi connectivity index (χ2n) is 2.16. The predicted octanol–water partition coefficient (Wildman–Crippen LogP) is 1.88. The molecule has 0 amide bonds. The molecule has 2 rings (SSSR count). The van der Waals surface area contributed by atoms with Crippen molar-refractivity contribution < 1.29 is 14.6 Å². The zero-order valence-electron chi connectivity index (χ0n) is 5.50. The minimum absolute atomic E-state index is 0.104. The summed E-state index contributed by atoms with van der Waals surface area (Å²) >= 11 is 3.22. The highest BCUT2D eigenvalue weighted by Gasteiger charge is 2.17. The number of ether oxygens (including phenoxy) is 2. The third-order valence-corrected chi connectivity index (χ3v) is 1.88. The summed E-state index contributed by atoms with van der Waals surface area (Å²) in [5.41, 5.74) is 0. The topological polar surface area (TPSA) is 38.7 Å². The van der Waals surface area contributed by atoms with E-state index in [0.29, 0.717) is 11.5 Å². The first-order chi connectivity index (χ1) is 5.27. The van der Waals surface area contributed by atoms with Gasteiger partial charge < -0.3 is 14.6 Å². The smallest absolute Gasteiger partial charge is 0.231 e. The van der Waals surface area contributed by atoms with Crippen LogP contribution >= 0.6 is 15.9 Å². The van der Waals surface area contributed by atoms with Gasteiger partial charge in [0.05, 0.1) is 0 Å². The number of fused-ring (bicyclic) bond motifs is 1. The second kappa shape index (κ2) is 2.30. The van der Waals surface area contributed by atoms with Crippen molar-refractivity contribution in [3.05, 3.63) is 16.6 Å². The number of hydrogen-bond donors (Lipinski definition) is 1. The molecular formula is C7H5BrO3. The van der Waals surface area contributed by atoms with Crippen LogP contribution in [0.15, 0.2) is 16.6 Å². The average Bonchev–Trinajstić information content (AvgIpc) is 2.34. The second-order valence-corrected chi connectivity index (χ2v) is 3.07. The maximum Gasteiger partial charge on any atom is 0.231 e.